The molecule has 0 radical (unpaired) electrons. The Morgan fingerprint density at radius 3 is 2.39 bits per heavy atom. The second-order valence-corrected chi connectivity index (χ2v) is 9.45. The van der Waals surface area contributed by atoms with Gasteiger partial charge in [0.25, 0.3) is 5.91 Å². The number of nitrogens with one attached hydrogen (secondary N) is 1. The zero-order valence-corrected chi connectivity index (χ0v) is 22.0. The molecule has 0 saturated carbocycles. The summed E-state index contributed by atoms with van der Waals surface area (Å²) in [5, 5.41) is 9.21. The molecule has 2 heterocycles. The molecule has 0 atom stereocenters. The number of hydrogen-bond donors (Lipinski definition) is 1. The standard InChI is InChI=1S/C25H21Cl2F3N6OS/c26-10-12-35(13-11-27)19-8-6-17(7-9-19)15-31-33-23(37)20-16-38-24(32-20)36-21(18-4-2-1-3-5-18)14-22(34-36)25(28,29)30/h1-9,14-16H,10-13H2,(H,33,37). The molecule has 4 aromatic rings. The Hall–Kier alpha value is -3.41. The summed E-state index contributed by atoms with van der Waals surface area (Å²) in [4.78, 5) is 18.8. The second kappa shape index (κ2) is 12.4. The van der Waals surface area contributed by atoms with E-state index >= 15 is 0 Å². The molecule has 13 heteroatoms. The molecule has 4 rings (SSSR count). The van der Waals surface area contributed by atoms with Crippen molar-refractivity contribution < 1.29 is 18.0 Å². The number of hydrogen-bond acceptors (Lipinski definition) is 6. The summed E-state index contributed by atoms with van der Waals surface area (Å²) >= 11 is 12.7. The topological polar surface area (TPSA) is 75.4 Å². The van der Waals surface area contributed by atoms with E-state index in [1.54, 1.807) is 30.3 Å². The van der Waals surface area contributed by atoms with E-state index in [-0.39, 0.29) is 16.5 Å². The molecule has 0 aliphatic carbocycles. The van der Waals surface area contributed by atoms with E-state index in [2.05, 4.69) is 25.5 Å². The average Bonchev–Trinajstić information content (AvgIpc) is 3.57. The molecule has 0 unspecified atom stereocenters. The number of benzene rings is 2. The predicted molar refractivity (Wildman–Crippen MR) is 145 cm³/mol. The maximum atomic E-state index is 13.4. The number of halogens is 5. The molecule has 7 nitrogen and oxygen atoms in total. The van der Waals surface area contributed by atoms with Crippen LogP contribution in [0.1, 0.15) is 21.7 Å². The first-order valence-electron chi connectivity index (χ1n) is 11.3. The fraction of sp³-hybridized carbons (Fsp3) is 0.200. The van der Waals surface area contributed by atoms with Gasteiger partial charge in [0.05, 0.1) is 11.9 Å². The van der Waals surface area contributed by atoms with Gasteiger partial charge in [-0.25, -0.2) is 15.1 Å². The van der Waals surface area contributed by atoms with Crippen molar-refractivity contribution in [2.45, 2.75) is 6.18 Å². The maximum Gasteiger partial charge on any atom is 0.435 e. The summed E-state index contributed by atoms with van der Waals surface area (Å²) in [6.45, 7) is 1.33. The van der Waals surface area contributed by atoms with Crippen LogP contribution in [0.25, 0.3) is 16.4 Å². The van der Waals surface area contributed by atoms with Crippen LogP contribution in [0.2, 0.25) is 0 Å². The van der Waals surface area contributed by atoms with Crippen LogP contribution in [-0.4, -0.2) is 51.7 Å². The van der Waals surface area contributed by atoms with E-state index < -0.39 is 17.8 Å². The van der Waals surface area contributed by atoms with Crippen LogP contribution in [0.5, 0.6) is 0 Å². The second-order valence-electron chi connectivity index (χ2n) is 7.86. The van der Waals surface area contributed by atoms with Crippen molar-refractivity contribution in [1.29, 1.82) is 0 Å². The Bertz CT molecular complexity index is 1380. The minimum atomic E-state index is -4.63. The van der Waals surface area contributed by atoms with E-state index in [1.165, 1.54) is 11.6 Å². The zero-order chi connectivity index (χ0) is 27.1. The fourth-order valence-electron chi connectivity index (χ4n) is 3.51. The SMILES string of the molecule is O=C(NN=Cc1ccc(N(CCCl)CCCl)cc1)c1csc(-n2nc(C(F)(F)F)cc2-c2ccccc2)n1. The van der Waals surface area contributed by atoms with Gasteiger partial charge < -0.3 is 4.90 Å². The van der Waals surface area contributed by atoms with E-state index in [4.69, 9.17) is 23.2 Å². The summed E-state index contributed by atoms with van der Waals surface area (Å²) in [6.07, 6.45) is -3.16. The van der Waals surface area contributed by atoms with Crippen molar-refractivity contribution >= 4 is 52.3 Å². The first-order chi connectivity index (χ1) is 18.3. The van der Waals surface area contributed by atoms with Gasteiger partial charge in [-0.15, -0.1) is 34.5 Å². The third kappa shape index (κ3) is 6.72. The zero-order valence-electron chi connectivity index (χ0n) is 19.7. The van der Waals surface area contributed by atoms with Gasteiger partial charge in [-0.05, 0) is 23.8 Å². The lowest BCUT2D eigenvalue weighted by molar-refractivity contribution is -0.141. The fourth-order valence-corrected chi connectivity index (χ4v) is 4.69. The lowest BCUT2D eigenvalue weighted by atomic mass is 10.1. The normalized spacial score (nSPS) is 11.7. The number of anilines is 1. The molecular weight excluding hydrogens is 560 g/mol. The highest BCUT2D eigenvalue weighted by Crippen LogP contribution is 2.33. The molecule has 198 valence electrons. The maximum absolute atomic E-state index is 13.4. The average molecular weight is 581 g/mol. The van der Waals surface area contributed by atoms with Crippen molar-refractivity contribution in [2.24, 2.45) is 5.10 Å². The lowest BCUT2D eigenvalue weighted by Gasteiger charge is -2.22. The van der Waals surface area contributed by atoms with Gasteiger partial charge in [-0.3, -0.25) is 4.79 Å². The Morgan fingerprint density at radius 2 is 1.76 bits per heavy atom. The van der Waals surface area contributed by atoms with Gasteiger partial charge in [-0.2, -0.15) is 23.4 Å². The van der Waals surface area contributed by atoms with Crippen LogP contribution in [0, 0.1) is 0 Å². The predicted octanol–water partition coefficient (Wildman–Crippen LogP) is 6.06. The summed E-state index contributed by atoms with van der Waals surface area (Å²) in [5.41, 5.74) is 3.77. The quantitative estimate of drug-likeness (QED) is 0.140. The van der Waals surface area contributed by atoms with Gasteiger partial charge in [0.1, 0.15) is 5.69 Å². The van der Waals surface area contributed by atoms with E-state index in [9.17, 15) is 18.0 Å². The Kier molecular flexibility index (Phi) is 9.03. The van der Waals surface area contributed by atoms with Crippen molar-refractivity contribution in [2.75, 3.05) is 29.7 Å². The Labute approximate surface area is 230 Å². The number of amides is 1. The van der Waals surface area contributed by atoms with Gasteiger partial charge >= 0.3 is 6.18 Å². The molecular formula is C25H21Cl2F3N6OS. The molecule has 0 spiro atoms. The molecule has 0 aliphatic heterocycles. The van der Waals surface area contributed by atoms with Gasteiger partial charge in [0.2, 0.25) is 5.13 Å². The largest absolute Gasteiger partial charge is 0.435 e. The van der Waals surface area contributed by atoms with Crippen LogP contribution in [-0.2, 0) is 6.18 Å². The third-order valence-electron chi connectivity index (χ3n) is 5.32. The molecule has 2 aromatic heterocycles. The number of rotatable bonds is 10. The molecule has 1 amide bonds. The van der Waals surface area contributed by atoms with Crippen molar-refractivity contribution in [3.8, 4) is 16.4 Å². The molecule has 38 heavy (non-hydrogen) atoms. The van der Waals surface area contributed by atoms with E-state index in [1.807, 2.05) is 24.3 Å². The van der Waals surface area contributed by atoms with Crippen molar-refractivity contribution in [3.05, 3.63) is 83.0 Å². The summed E-state index contributed by atoms with van der Waals surface area (Å²) in [5.74, 6) is 0.337. The highest BCUT2D eigenvalue weighted by Gasteiger charge is 2.35. The Balaban J connectivity index is 1.47. The van der Waals surface area contributed by atoms with E-state index in [0.717, 1.165) is 33.3 Å². The molecule has 2 aromatic carbocycles. The van der Waals surface area contributed by atoms with Gasteiger partial charge in [0.15, 0.2) is 5.69 Å². The highest BCUT2D eigenvalue weighted by molar-refractivity contribution is 7.12. The summed E-state index contributed by atoms with van der Waals surface area (Å²) in [6, 6.07) is 16.9. The Morgan fingerprint density at radius 1 is 1.08 bits per heavy atom. The number of aromatic nitrogens is 3. The summed E-state index contributed by atoms with van der Waals surface area (Å²) in [7, 11) is 0. The molecule has 1 N–H and O–H groups in total. The van der Waals surface area contributed by atoms with Crippen LogP contribution in [0.3, 0.4) is 0 Å². The van der Waals surface area contributed by atoms with Crippen LogP contribution >= 0.6 is 34.5 Å². The van der Waals surface area contributed by atoms with E-state index in [0.29, 0.717) is 30.4 Å². The minimum absolute atomic E-state index is 0.00152. The smallest absolute Gasteiger partial charge is 0.369 e. The first-order valence-corrected chi connectivity index (χ1v) is 13.2. The number of carbonyl (C=O) groups is 1. The molecule has 0 fully saturated rings. The van der Waals surface area contributed by atoms with Crippen LogP contribution in [0.15, 0.2) is 71.1 Å². The third-order valence-corrected chi connectivity index (χ3v) is 6.48. The highest BCUT2D eigenvalue weighted by atomic mass is 35.5. The van der Waals surface area contributed by atoms with Gasteiger partial charge in [0, 0.05) is 41.5 Å². The van der Waals surface area contributed by atoms with Crippen LogP contribution < -0.4 is 10.3 Å². The molecule has 0 bridgehead atoms. The minimum Gasteiger partial charge on any atom is -0.369 e. The first kappa shape index (κ1) is 27.6. The van der Waals surface area contributed by atoms with Crippen LogP contribution in [0.4, 0.5) is 18.9 Å². The van der Waals surface area contributed by atoms with Crippen molar-refractivity contribution in [3.63, 3.8) is 0 Å². The molecule has 0 aliphatic rings. The molecule has 0 saturated heterocycles. The number of carbonyl (C=O) groups excluding carboxylic acids is 1. The summed E-state index contributed by atoms with van der Waals surface area (Å²) < 4.78 is 41.2. The lowest BCUT2D eigenvalue weighted by Crippen LogP contribution is -2.27. The number of hydrazone groups is 1. The number of thiazole rings is 1. The monoisotopic (exact) mass is 580 g/mol. The van der Waals surface area contributed by atoms with Gasteiger partial charge in [-0.1, -0.05) is 42.5 Å². The number of alkyl halides is 5. The van der Waals surface area contributed by atoms with Crippen molar-refractivity contribution in [1.82, 2.24) is 20.2 Å². The number of nitrogens with zero attached hydrogens (tertiary/aromatic N) is 5.